The van der Waals surface area contributed by atoms with Crippen molar-refractivity contribution in [3.8, 4) is 5.75 Å². The van der Waals surface area contributed by atoms with Crippen molar-refractivity contribution in [2.75, 3.05) is 11.9 Å². The second-order valence-corrected chi connectivity index (χ2v) is 5.61. The van der Waals surface area contributed by atoms with E-state index in [-0.39, 0.29) is 11.8 Å². The van der Waals surface area contributed by atoms with Crippen molar-refractivity contribution in [3.63, 3.8) is 0 Å². The molecule has 2 aromatic rings. The van der Waals surface area contributed by atoms with E-state index in [0.717, 1.165) is 10.7 Å². The van der Waals surface area contributed by atoms with E-state index in [0.29, 0.717) is 23.9 Å². The molecule has 1 N–H and O–H groups in total. The molecule has 112 valence electrons. The molecule has 0 aliphatic carbocycles. The summed E-state index contributed by atoms with van der Waals surface area (Å²) in [6.45, 7) is 4.29. The van der Waals surface area contributed by atoms with Gasteiger partial charge in [-0.3, -0.25) is 4.79 Å². The fraction of sp³-hybridized carbons (Fsp3) is 0.333. The predicted molar refractivity (Wildman–Crippen MR) is 86.3 cm³/mol. The highest BCUT2D eigenvalue weighted by atomic mass is 35.5. The Morgan fingerprint density at radius 2 is 2.24 bits per heavy atom. The summed E-state index contributed by atoms with van der Waals surface area (Å²) in [5, 5.41) is 5.53. The first-order valence-electron chi connectivity index (χ1n) is 6.68. The Kier molecular flexibility index (Phi) is 5.59. The van der Waals surface area contributed by atoms with Gasteiger partial charge in [-0.1, -0.05) is 12.1 Å². The van der Waals surface area contributed by atoms with E-state index in [9.17, 15) is 4.79 Å². The summed E-state index contributed by atoms with van der Waals surface area (Å²) < 4.78 is 5.50. The van der Waals surface area contributed by atoms with E-state index in [1.165, 1.54) is 11.3 Å². The quantitative estimate of drug-likeness (QED) is 0.816. The van der Waals surface area contributed by atoms with Crippen LogP contribution < -0.4 is 10.1 Å². The molecule has 21 heavy (non-hydrogen) atoms. The number of amides is 1. The molecular weight excluding hydrogens is 308 g/mol. The number of nitrogens with zero attached hydrogens (tertiary/aromatic N) is 1. The third-order valence-corrected chi connectivity index (χ3v) is 4.26. The zero-order valence-corrected chi connectivity index (χ0v) is 13.5. The van der Waals surface area contributed by atoms with Crippen LogP contribution in [-0.4, -0.2) is 17.5 Å². The smallest absolute Gasteiger partial charge is 0.234 e. The summed E-state index contributed by atoms with van der Waals surface area (Å²) in [4.78, 5) is 16.7. The highest BCUT2D eigenvalue weighted by molar-refractivity contribution is 7.09. The lowest BCUT2D eigenvalue weighted by Crippen LogP contribution is -2.19. The number of hydrogen-bond acceptors (Lipinski definition) is 4. The number of anilines is 1. The lowest BCUT2D eigenvalue weighted by atomic mass is 10.1. The Bertz CT molecular complexity index is 615. The number of benzene rings is 1. The molecule has 0 fully saturated rings. The molecule has 4 nitrogen and oxygen atoms in total. The molecule has 0 aliphatic rings. The Morgan fingerprint density at radius 1 is 1.48 bits per heavy atom. The number of ether oxygens (including phenoxy) is 1. The molecule has 1 atom stereocenters. The van der Waals surface area contributed by atoms with Crippen LogP contribution in [0.4, 0.5) is 5.69 Å². The van der Waals surface area contributed by atoms with Gasteiger partial charge in [-0.05, 0) is 26.0 Å². The number of carbonyl (C=O) groups excluding carboxylic acids is 1. The van der Waals surface area contributed by atoms with Crippen molar-refractivity contribution in [3.05, 3.63) is 40.3 Å². The van der Waals surface area contributed by atoms with Gasteiger partial charge in [-0.2, -0.15) is 0 Å². The molecule has 0 aliphatic heterocycles. The average Bonchev–Trinajstić information content (AvgIpc) is 2.97. The molecule has 1 amide bonds. The molecule has 2 rings (SSSR count). The largest absolute Gasteiger partial charge is 0.492 e. The standard InChI is InChI=1S/C15H17ClN2O2S/c1-3-20-13-7-5-4-6-12(13)18-14(19)10(2)15-17-11(8-16)9-21-15/h4-7,9-10H,3,8H2,1-2H3,(H,18,19). The number of rotatable bonds is 6. The van der Waals surface area contributed by atoms with Crippen molar-refractivity contribution in [1.29, 1.82) is 0 Å². The molecule has 0 radical (unpaired) electrons. The maximum absolute atomic E-state index is 12.3. The third kappa shape index (κ3) is 3.95. The minimum Gasteiger partial charge on any atom is -0.492 e. The van der Waals surface area contributed by atoms with Gasteiger partial charge >= 0.3 is 0 Å². The molecule has 1 aromatic heterocycles. The summed E-state index contributed by atoms with van der Waals surface area (Å²) in [5.74, 6) is 0.582. The van der Waals surface area contributed by atoms with Gasteiger partial charge in [0.05, 0.1) is 29.8 Å². The molecule has 0 saturated carbocycles. The summed E-state index contributed by atoms with van der Waals surface area (Å²) in [6, 6.07) is 7.38. The zero-order valence-electron chi connectivity index (χ0n) is 11.9. The van der Waals surface area contributed by atoms with Gasteiger partial charge in [-0.15, -0.1) is 22.9 Å². The van der Waals surface area contributed by atoms with Crippen molar-refractivity contribution in [1.82, 2.24) is 4.98 Å². The van der Waals surface area contributed by atoms with Crippen LogP contribution in [0.15, 0.2) is 29.6 Å². The normalized spacial score (nSPS) is 12.0. The molecule has 1 aromatic carbocycles. The first-order chi connectivity index (χ1) is 10.2. The molecular formula is C15H17ClN2O2S. The Labute approximate surface area is 133 Å². The maximum atomic E-state index is 12.3. The zero-order chi connectivity index (χ0) is 15.2. The second-order valence-electron chi connectivity index (χ2n) is 4.45. The van der Waals surface area contributed by atoms with Crippen LogP contribution in [0, 0.1) is 0 Å². The molecule has 1 unspecified atom stereocenters. The molecule has 0 saturated heterocycles. The summed E-state index contributed by atoms with van der Waals surface area (Å²) >= 11 is 7.18. The summed E-state index contributed by atoms with van der Waals surface area (Å²) in [5.41, 5.74) is 1.47. The number of alkyl halides is 1. The maximum Gasteiger partial charge on any atom is 0.234 e. The van der Waals surface area contributed by atoms with Gasteiger partial charge in [0, 0.05) is 5.38 Å². The fourth-order valence-electron chi connectivity index (χ4n) is 1.79. The van der Waals surface area contributed by atoms with Gasteiger partial charge in [-0.25, -0.2) is 4.98 Å². The van der Waals surface area contributed by atoms with Gasteiger partial charge < -0.3 is 10.1 Å². The lowest BCUT2D eigenvalue weighted by Gasteiger charge is -2.13. The van der Waals surface area contributed by atoms with Crippen molar-refractivity contribution in [2.45, 2.75) is 25.6 Å². The first-order valence-corrected chi connectivity index (χ1v) is 8.10. The number of carbonyl (C=O) groups is 1. The van der Waals surface area contributed by atoms with E-state index in [2.05, 4.69) is 10.3 Å². The number of para-hydroxylation sites is 2. The summed E-state index contributed by atoms with van der Waals surface area (Å²) in [7, 11) is 0. The van der Waals surface area contributed by atoms with E-state index >= 15 is 0 Å². The van der Waals surface area contributed by atoms with Gasteiger partial charge in [0.2, 0.25) is 5.91 Å². The van der Waals surface area contributed by atoms with Crippen molar-refractivity contribution < 1.29 is 9.53 Å². The Balaban J connectivity index is 2.10. The van der Waals surface area contributed by atoms with Crippen LogP contribution in [0.2, 0.25) is 0 Å². The average molecular weight is 325 g/mol. The van der Waals surface area contributed by atoms with E-state index in [1.807, 2.05) is 43.5 Å². The van der Waals surface area contributed by atoms with Crippen LogP contribution in [-0.2, 0) is 10.7 Å². The SMILES string of the molecule is CCOc1ccccc1NC(=O)C(C)c1nc(CCl)cs1. The Morgan fingerprint density at radius 3 is 2.90 bits per heavy atom. The van der Waals surface area contributed by atoms with E-state index in [1.54, 1.807) is 0 Å². The van der Waals surface area contributed by atoms with E-state index < -0.39 is 0 Å². The van der Waals surface area contributed by atoms with E-state index in [4.69, 9.17) is 16.3 Å². The number of nitrogens with one attached hydrogen (secondary N) is 1. The van der Waals surface area contributed by atoms with Crippen LogP contribution in [0.5, 0.6) is 5.75 Å². The first kappa shape index (κ1) is 15.8. The van der Waals surface area contributed by atoms with Gasteiger partial charge in [0.15, 0.2) is 0 Å². The number of thiazole rings is 1. The summed E-state index contributed by atoms with van der Waals surface area (Å²) in [6.07, 6.45) is 0. The molecule has 1 heterocycles. The van der Waals surface area contributed by atoms with Crippen LogP contribution in [0.1, 0.15) is 30.5 Å². The monoisotopic (exact) mass is 324 g/mol. The topological polar surface area (TPSA) is 51.2 Å². The van der Waals surface area contributed by atoms with Crippen molar-refractivity contribution in [2.24, 2.45) is 0 Å². The van der Waals surface area contributed by atoms with Crippen LogP contribution in [0.25, 0.3) is 0 Å². The number of halogens is 1. The molecule has 0 spiro atoms. The highest BCUT2D eigenvalue weighted by Gasteiger charge is 2.20. The second kappa shape index (κ2) is 7.43. The van der Waals surface area contributed by atoms with Crippen molar-refractivity contribution >= 4 is 34.5 Å². The fourth-order valence-corrected chi connectivity index (χ4v) is 2.89. The molecule has 0 bridgehead atoms. The number of hydrogen-bond donors (Lipinski definition) is 1. The third-order valence-electron chi connectivity index (χ3n) is 2.91. The lowest BCUT2D eigenvalue weighted by molar-refractivity contribution is -0.117. The van der Waals surface area contributed by atoms with Gasteiger partial charge in [0.1, 0.15) is 10.8 Å². The van der Waals surface area contributed by atoms with Crippen LogP contribution >= 0.6 is 22.9 Å². The minimum absolute atomic E-state index is 0.113. The van der Waals surface area contributed by atoms with Crippen LogP contribution in [0.3, 0.4) is 0 Å². The highest BCUT2D eigenvalue weighted by Crippen LogP contribution is 2.27. The number of aromatic nitrogens is 1. The minimum atomic E-state index is -0.332. The predicted octanol–water partition coefficient (Wildman–Crippen LogP) is 4.02. The van der Waals surface area contributed by atoms with Gasteiger partial charge in [0.25, 0.3) is 0 Å². The molecule has 6 heteroatoms. The Hall–Kier alpha value is -1.59.